The molecule has 1 aliphatic rings. The van der Waals surface area contributed by atoms with Crippen molar-refractivity contribution >= 4 is 17.4 Å². The maximum atomic E-state index is 13.2. The van der Waals surface area contributed by atoms with Gasteiger partial charge in [0.15, 0.2) is 0 Å². The number of hydrogen-bond donors (Lipinski definition) is 2. The minimum absolute atomic E-state index is 0.194. The summed E-state index contributed by atoms with van der Waals surface area (Å²) in [7, 11) is 0. The van der Waals surface area contributed by atoms with E-state index < -0.39 is 0 Å². The number of nitrogens with two attached hydrogens (primary N) is 1. The maximum absolute atomic E-state index is 13.2. The van der Waals surface area contributed by atoms with Crippen LogP contribution in [0.1, 0.15) is 0 Å². The Morgan fingerprint density at radius 1 is 1.56 bits per heavy atom. The van der Waals surface area contributed by atoms with E-state index in [1.807, 2.05) is 6.07 Å². The Kier molecular flexibility index (Phi) is 4.04. The largest absolute Gasteiger partial charge is 0.396 e. The van der Waals surface area contributed by atoms with Crippen molar-refractivity contribution < 1.29 is 9.13 Å². The van der Waals surface area contributed by atoms with Crippen LogP contribution < -0.4 is 11.1 Å². The molecule has 0 aromatic heterocycles. The van der Waals surface area contributed by atoms with Gasteiger partial charge >= 0.3 is 0 Å². The highest BCUT2D eigenvalue weighted by Crippen LogP contribution is 2.23. The van der Waals surface area contributed by atoms with Crippen LogP contribution in [0, 0.1) is 5.82 Å². The van der Waals surface area contributed by atoms with Crippen LogP contribution in [0.4, 0.5) is 10.1 Å². The van der Waals surface area contributed by atoms with Crippen molar-refractivity contribution in [2.75, 3.05) is 31.2 Å². The minimum atomic E-state index is -0.354. The number of thioether (sulfide) groups is 1. The van der Waals surface area contributed by atoms with E-state index >= 15 is 0 Å². The maximum Gasteiger partial charge on any atom is 0.147 e. The molecule has 1 fully saturated rings. The number of nitrogen functional groups attached to an aromatic ring is 1. The quantitative estimate of drug-likeness (QED) is 0.623. The standard InChI is InChI=1S/C11H15FN2OS/c12-10-5-9(1-2-11(10)13)16-7-8-6-14-3-4-15-8/h1-2,5,8,14H,3-4,6-7,13H2. The molecular formula is C11H15FN2OS. The number of halogens is 1. The minimum Gasteiger partial charge on any atom is -0.396 e. The lowest BCUT2D eigenvalue weighted by atomic mass is 10.3. The van der Waals surface area contributed by atoms with Crippen LogP contribution in [0.3, 0.4) is 0 Å². The fourth-order valence-electron chi connectivity index (χ4n) is 1.51. The van der Waals surface area contributed by atoms with Gasteiger partial charge in [0.05, 0.1) is 18.4 Å². The summed E-state index contributed by atoms with van der Waals surface area (Å²) in [6, 6.07) is 4.90. The van der Waals surface area contributed by atoms with Crippen LogP contribution in [0.25, 0.3) is 0 Å². The number of rotatable bonds is 3. The van der Waals surface area contributed by atoms with Gasteiger partial charge in [0.25, 0.3) is 0 Å². The number of hydrogen-bond acceptors (Lipinski definition) is 4. The fourth-order valence-corrected chi connectivity index (χ4v) is 2.46. The van der Waals surface area contributed by atoms with Crippen LogP contribution in [-0.2, 0) is 4.74 Å². The summed E-state index contributed by atoms with van der Waals surface area (Å²) in [5.41, 5.74) is 5.60. The first kappa shape index (κ1) is 11.7. The Balaban J connectivity index is 1.86. The molecule has 0 saturated carbocycles. The van der Waals surface area contributed by atoms with E-state index in [1.54, 1.807) is 17.8 Å². The molecule has 1 aromatic rings. The summed E-state index contributed by atoms with van der Waals surface area (Å²) in [6.07, 6.45) is 0.208. The monoisotopic (exact) mass is 242 g/mol. The highest BCUT2D eigenvalue weighted by atomic mass is 32.2. The van der Waals surface area contributed by atoms with Gasteiger partial charge in [-0.3, -0.25) is 0 Å². The number of ether oxygens (including phenoxy) is 1. The molecule has 1 heterocycles. The molecule has 0 amide bonds. The van der Waals surface area contributed by atoms with Gasteiger partial charge in [-0.05, 0) is 18.2 Å². The van der Waals surface area contributed by atoms with Gasteiger partial charge in [-0.25, -0.2) is 4.39 Å². The lowest BCUT2D eigenvalue weighted by Gasteiger charge is -2.23. The van der Waals surface area contributed by atoms with Crippen molar-refractivity contribution in [1.82, 2.24) is 5.32 Å². The van der Waals surface area contributed by atoms with Crippen molar-refractivity contribution in [1.29, 1.82) is 0 Å². The topological polar surface area (TPSA) is 47.3 Å². The lowest BCUT2D eigenvalue weighted by molar-refractivity contribution is 0.0441. The third-order valence-corrected chi connectivity index (χ3v) is 3.54. The molecule has 0 spiro atoms. The Morgan fingerprint density at radius 2 is 2.44 bits per heavy atom. The van der Waals surface area contributed by atoms with Gasteiger partial charge in [0.2, 0.25) is 0 Å². The third kappa shape index (κ3) is 3.10. The van der Waals surface area contributed by atoms with Crippen LogP contribution in [0.2, 0.25) is 0 Å². The molecule has 16 heavy (non-hydrogen) atoms. The first-order valence-corrected chi connectivity index (χ1v) is 6.24. The summed E-state index contributed by atoms with van der Waals surface area (Å²) in [6.45, 7) is 2.53. The summed E-state index contributed by atoms with van der Waals surface area (Å²) >= 11 is 1.59. The fraction of sp³-hybridized carbons (Fsp3) is 0.455. The van der Waals surface area contributed by atoms with Crippen LogP contribution in [0.15, 0.2) is 23.1 Å². The smallest absolute Gasteiger partial charge is 0.147 e. The van der Waals surface area contributed by atoms with E-state index in [9.17, 15) is 4.39 Å². The molecule has 3 N–H and O–H groups in total. The number of benzene rings is 1. The zero-order valence-electron chi connectivity index (χ0n) is 8.91. The molecule has 1 aromatic carbocycles. The molecule has 0 radical (unpaired) electrons. The predicted molar refractivity (Wildman–Crippen MR) is 64.1 cm³/mol. The normalized spacial score (nSPS) is 20.9. The van der Waals surface area contributed by atoms with E-state index in [2.05, 4.69) is 5.32 Å². The highest BCUT2D eigenvalue weighted by Gasteiger charge is 2.13. The van der Waals surface area contributed by atoms with Crippen molar-refractivity contribution in [3.05, 3.63) is 24.0 Å². The number of nitrogens with one attached hydrogen (secondary N) is 1. The summed E-state index contributed by atoms with van der Waals surface area (Å²) in [5, 5.41) is 3.26. The van der Waals surface area contributed by atoms with Gasteiger partial charge < -0.3 is 15.8 Å². The Morgan fingerprint density at radius 3 is 3.12 bits per heavy atom. The molecule has 0 aliphatic carbocycles. The van der Waals surface area contributed by atoms with Crippen molar-refractivity contribution in [3.8, 4) is 0 Å². The van der Waals surface area contributed by atoms with Gasteiger partial charge in [-0.2, -0.15) is 0 Å². The van der Waals surface area contributed by atoms with Crippen molar-refractivity contribution in [2.45, 2.75) is 11.0 Å². The van der Waals surface area contributed by atoms with E-state index in [0.29, 0.717) is 0 Å². The van der Waals surface area contributed by atoms with Crippen molar-refractivity contribution in [3.63, 3.8) is 0 Å². The second-order valence-corrected chi connectivity index (χ2v) is 4.78. The Hall–Kier alpha value is -0.780. The molecule has 88 valence electrons. The van der Waals surface area contributed by atoms with E-state index in [0.717, 1.165) is 30.3 Å². The first-order valence-electron chi connectivity index (χ1n) is 5.26. The lowest BCUT2D eigenvalue weighted by Crippen LogP contribution is -2.39. The van der Waals surface area contributed by atoms with Crippen LogP contribution in [0.5, 0.6) is 0 Å². The van der Waals surface area contributed by atoms with Crippen molar-refractivity contribution in [2.24, 2.45) is 0 Å². The molecule has 1 atom stereocenters. The predicted octanol–water partition coefficient (Wildman–Crippen LogP) is 1.49. The second-order valence-electron chi connectivity index (χ2n) is 3.69. The highest BCUT2D eigenvalue weighted by molar-refractivity contribution is 7.99. The first-order chi connectivity index (χ1) is 7.75. The van der Waals surface area contributed by atoms with E-state index in [1.165, 1.54) is 6.07 Å². The van der Waals surface area contributed by atoms with Crippen LogP contribution in [-0.4, -0.2) is 31.6 Å². The summed E-state index contributed by atoms with van der Waals surface area (Å²) < 4.78 is 18.7. The molecule has 1 saturated heterocycles. The van der Waals surface area contributed by atoms with Gasteiger partial charge in [0.1, 0.15) is 5.82 Å². The van der Waals surface area contributed by atoms with Gasteiger partial charge in [0, 0.05) is 23.7 Å². The van der Waals surface area contributed by atoms with Gasteiger partial charge in [-0.15, -0.1) is 11.8 Å². The molecule has 1 aliphatic heterocycles. The summed E-state index contributed by atoms with van der Waals surface area (Å²) in [5.74, 6) is 0.476. The Labute approximate surface area is 98.5 Å². The second kappa shape index (κ2) is 5.52. The average molecular weight is 242 g/mol. The zero-order valence-corrected chi connectivity index (χ0v) is 9.73. The molecule has 1 unspecified atom stereocenters. The molecule has 5 heteroatoms. The molecule has 0 bridgehead atoms. The Bertz CT molecular complexity index is 356. The SMILES string of the molecule is Nc1ccc(SCC2CNCCO2)cc1F. The molecule has 3 nitrogen and oxygen atoms in total. The average Bonchev–Trinajstić information content (AvgIpc) is 2.32. The van der Waals surface area contributed by atoms with Gasteiger partial charge in [-0.1, -0.05) is 0 Å². The van der Waals surface area contributed by atoms with E-state index in [-0.39, 0.29) is 17.6 Å². The number of morpholine rings is 1. The zero-order chi connectivity index (χ0) is 11.4. The van der Waals surface area contributed by atoms with Crippen LogP contribution >= 0.6 is 11.8 Å². The summed E-state index contributed by atoms with van der Waals surface area (Å²) in [4.78, 5) is 0.890. The van der Waals surface area contributed by atoms with E-state index in [4.69, 9.17) is 10.5 Å². The third-order valence-electron chi connectivity index (χ3n) is 2.41. The number of anilines is 1. The molecular weight excluding hydrogens is 227 g/mol. The molecule has 2 rings (SSSR count).